The summed E-state index contributed by atoms with van der Waals surface area (Å²) in [7, 11) is 0. The Kier molecular flexibility index (Phi) is 8.23. The van der Waals surface area contributed by atoms with Gasteiger partial charge in [0.25, 0.3) is 11.8 Å². The molecule has 0 spiro atoms. The monoisotopic (exact) mass is 592 g/mol. The van der Waals surface area contributed by atoms with Gasteiger partial charge in [-0.15, -0.1) is 10.2 Å². The third-order valence-electron chi connectivity index (χ3n) is 8.02. The quantitative estimate of drug-likeness (QED) is 0.210. The Labute approximate surface area is 252 Å². The minimum atomic E-state index is -1.22. The topological polar surface area (TPSA) is 176 Å². The molecule has 222 valence electrons. The highest BCUT2D eigenvalue weighted by Gasteiger charge is 2.34. The number of carboxylic acid groups (broad SMARTS) is 2. The van der Waals surface area contributed by atoms with E-state index in [4.69, 9.17) is 14.6 Å². The summed E-state index contributed by atoms with van der Waals surface area (Å²) >= 11 is 0. The van der Waals surface area contributed by atoms with Crippen molar-refractivity contribution in [3.63, 3.8) is 0 Å². The van der Waals surface area contributed by atoms with E-state index in [0.717, 1.165) is 36.8 Å². The molecule has 2 aliphatic rings. The summed E-state index contributed by atoms with van der Waals surface area (Å²) in [4.78, 5) is 22.4. The van der Waals surface area contributed by atoms with Gasteiger partial charge in [-0.1, -0.05) is 40.2 Å². The molecule has 4 atom stereocenters. The van der Waals surface area contributed by atoms with Crippen molar-refractivity contribution in [1.82, 2.24) is 30.8 Å². The van der Waals surface area contributed by atoms with Gasteiger partial charge in [0.15, 0.2) is 0 Å². The molecule has 4 N–H and O–H groups in total. The van der Waals surface area contributed by atoms with Crippen LogP contribution in [0.3, 0.4) is 0 Å². The average molecular weight is 593 g/mol. The number of nitrogens with one attached hydrogen (secondary N) is 2. The molecular formula is C32H28N6O6. The maximum Gasteiger partial charge on any atom is 0.362 e. The Balaban J connectivity index is 0.994. The summed E-state index contributed by atoms with van der Waals surface area (Å²) in [5.41, 5.74) is 1.12. The van der Waals surface area contributed by atoms with Gasteiger partial charge in [-0.2, -0.15) is 0 Å². The molecule has 6 rings (SSSR count). The van der Waals surface area contributed by atoms with Gasteiger partial charge in [0.2, 0.25) is 11.4 Å². The summed E-state index contributed by atoms with van der Waals surface area (Å²) < 4.78 is 11.2. The lowest BCUT2D eigenvalue weighted by atomic mass is 9.88. The molecule has 2 aliphatic carbocycles. The zero-order valence-electron chi connectivity index (χ0n) is 23.5. The first-order valence-electron chi connectivity index (χ1n) is 14.3. The lowest BCUT2D eigenvalue weighted by Gasteiger charge is -2.17. The Morgan fingerprint density at radius 3 is 1.82 bits per heavy atom. The number of aromatic amines is 2. The number of benzene rings is 2. The molecule has 12 nitrogen and oxygen atoms in total. The van der Waals surface area contributed by atoms with Crippen LogP contribution in [0.25, 0.3) is 0 Å². The Morgan fingerprint density at radius 1 is 0.705 bits per heavy atom. The Hall–Kier alpha value is -5.62. The van der Waals surface area contributed by atoms with Gasteiger partial charge in [-0.3, -0.25) is 0 Å². The predicted octanol–water partition coefficient (Wildman–Crippen LogP) is 5.14. The van der Waals surface area contributed by atoms with Crippen molar-refractivity contribution in [3.05, 3.63) is 71.0 Å². The normalized spacial score (nSPS) is 20.6. The van der Waals surface area contributed by atoms with E-state index in [1.165, 1.54) is 12.8 Å². The van der Waals surface area contributed by atoms with Crippen molar-refractivity contribution in [2.75, 3.05) is 0 Å². The predicted molar refractivity (Wildman–Crippen MR) is 155 cm³/mol. The number of hydrogen-bond donors (Lipinski definition) is 4. The number of aromatic nitrogens is 6. The molecule has 12 heteroatoms. The third-order valence-corrected chi connectivity index (χ3v) is 8.02. The van der Waals surface area contributed by atoms with E-state index in [1.54, 1.807) is 24.3 Å². The van der Waals surface area contributed by atoms with Crippen LogP contribution >= 0.6 is 0 Å². The van der Waals surface area contributed by atoms with Crippen LogP contribution in [-0.4, -0.2) is 53.0 Å². The van der Waals surface area contributed by atoms with Gasteiger partial charge in [0.05, 0.1) is 0 Å². The first-order chi connectivity index (χ1) is 21.4. The lowest BCUT2D eigenvalue weighted by Crippen LogP contribution is -2.08. The number of carbonyl (C=O) groups is 2. The van der Waals surface area contributed by atoms with Crippen LogP contribution in [0.4, 0.5) is 0 Å². The highest BCUT2D eigenvalue weighted by Crippen LogP contribution is 2.44. The second-order valence-corrected chi connectivity index (χ2v) is 10.9. The van der Waals surface area contributed by atoms with Crippen LogP contribution in [0.5, 0.6) is 23.3 Å². The molecule has 4 aromatic rings. The highest BCUT2D eigenvalue weighted by molar-refractivity contribution is 5.88. The van der Waals surface area contributed by atoms with E-state index in [1.807, 2.05) is 24.3 Å². The summed E-state index contributed by atoms with van der Waals surface area (Å²) in [6.45, 7) is 0. The largest absolute Gasteiger partial charge is 0.476 e. The number of hydrogen-bond acceptors (Lipinski definition) is 8. The zero-order chi connectivity index (χ0) is 30.5. The van der Waals surface area contributed by atoms with E-state index in [2.05, 4.69) is 54.5 Å². The molecule has 2 saturated carbocycles. The molecule has 0 bridgehead atoms. The van der Waals surface area contributed by atoms with Crippen molar-refractivity contribution < 1.29 is 29.3 Å². The molecule has 2 aromatic heterocycles. The molecule has 0 radical (unpaired) electrons. The number of aromatic carboxylic acids is 2. The van der Waals surface area contributed by atoms with Crippen LogP contribution in [0.2, 0.25) is 0 Å². The van der Waals surface area contributed by atoms with E-state index < -0.39 is 11.9 Å². The van der Waals surface area contributed by atoms with Gasteiger partial charge < -0.3 is 19.7 Å². The molecule has 2 fully saturated rings. The van der Waals surface area contributed by atoms with E-state index in [0.29, 0.717) is 35.2 Å². The van der Waals surface area contributed by atoms with E-state index >= 15 is 0 Å². The first kappa shape index (κ1) is 28.5. The minimum absolute atomic E-state index is 0.0193. The van der Waals surface area contributed by atoms with E-state index in [9.17, 15) is 14.7 Å². The molecule has 0 saturated heterocycles. The fourth-order valence-electron chi connectivity index (χ4n) is 5.86. The van der Waals surface area contributed by atoms with Crippen molar-refractivity contribution in [2.24, 2.45) is 23.7 Å². The Bertz CT molecular complexity index is 1790. The molecule has 0 aliphatic heterocycles. The average Bonchev–Trinajstić information content (AvgIpc) is 3.83. The fraction of sp³-hybridized carbons (Fsp3) is 0.312. The molecule has 0 amide bonds. The summed E-state index contributed by atoms with van der Waals surface area (Å²) in [5.74, 6) is 13.9. The highest BCUT2D eigenvalue weighted by atomic mass is 16.5. The summed E-state index contributed by atoms with van der Waals surface area (Å²) in [5, 5.41) is 37.2. The van der Waals surface area contributed by atoms with Crippen molar-refractivity contribution in [3.8, 4) is 46.9 Å². The lowest BCUT2D eigenvalue weighted by molar-refractivity contribution is 0.0676. The maximum absolute atomic E-state index is 11.2. The summed E-state index contributed by atoms with van der Waals surface area (Å²) in [6, 6.07) is 14.4. The molecule has 2 heterocycles. The standard InChI is InChI=1S/C32H28N6O6/c39-31(40)27-29(35-37-33-27)43-25-14-10-19(11-15-25)4-5-21-8-12-23(16-21)24-13-9-22(17-24)7-6-20-2-1-3-26(18-20)44-30-28(32(41)42)34-38-36-30/h1-3,10-11,14-15,18,21-24H,8-9,12-13,16-17H2,(H,39,40)(H,41,42)(H,33,35,37)(H,34,36,38). The molecule has 4 unspecified atom stereocenters. The third kappa shape index (κ3) is 6.71. The fourth-order valence-corrected chi connectivity index (χ4v) is 5.86. The Morgan fingerprint density at radius 2 is 1.25 bits per heavy atom. The maximum atomic E-state index is 11.2. The number of nitrogens with zero attached hydrogens (tertiary/aromatic N) is 4. The molecule has 44 heavy (non-hydrogen) atoms. The van der Waals surface area contributed by atoms with Crippen LogP contribution < -0.4 is 9.47 Å². The van der Waals surface area contributed by atoms with Gasteiger partial charge >= 0.3 is 11.9 Å². The van der Waals surface area contributed by atoms with Crippen molar-refractivity contribution in [1.29, 1.82) is 0 Å². The first-order valence-corrected chi connectivity index (χ1v) is 14.3. The number of carboxylic acids is 2. The van der Waals surface area contributed by atoms with E-state index in [-0.39, 0.29) is 23.1 Å². The SMILES string of the molecule is O=C(O)c1nn[nH]c1Oc1ccc(C#CC2CCC(C3CCC(C#Cc4cccc(Oc5[nH]nnc5C(=O)O)c4)C3)C2)cc1. The van der Waals surface area contributed by atoms with Crippen LogP contribution in [0.15, 0.2) is 48.5 Å². The van der Waals surface area contributed by atoms with Gasteiger partial charge in [-0.25, -0.2) is 19.8 Å². The van der Waals surface area contributed by atoms with Crippen molar-refractivity contribution >= 4 is 11.9 Å². The van der Waals surface area contributed by atoms with Crippen LogP contribution in [0.1, 0.15) is 70.6 Å². The van der Waals surface area contributed by atoms with Crippen molar-refractivity contribution in [2.45, 2.75) is 38.5 Å². The minimum Gasteiger partial charge on any atom is -0.476 e. The van der Waals surface area contributed by atoms with Gasteiger partial charge in [-0.05, 0) is 92.8 Å². The molecule has 2 aromatic carbocycles. The number of rotatable bonds is 7. The summed E-state index contributed by atoms with van der Waals surface area (Å²) in [6.07, 6.45) is 6.73. The van der Waals surface area contributed by atoms with Crippen LogP contribution in [-0.2, 0) is 0 Å². The van der Waals surface area contributed by atoms with Gasteiger partial charge in [0, 0.05) is 23.0 Å². The second-order valence-electron chi connectivity index (χ2n) is 10.9. The van der Waals surface area contributed by atoms with Gasteiger partial charge in [0.1, 0.15) is 11.5 Å². The smallest absolute Gasteiger partial charge is 0.362 e. The van der Waals surface area contributed by atoms with Crippen LogP contribution in [0, 0.1) is 47.4 Å². The number of H-pyrrole nitrogens is 2. The molecular weight excluding hydrogens is 564 g/mol. The number of ether oxygens (including phenoxy) is 2. The second kappa shape index (κ2) is 12.7. The zero-order valence-corrected chi connectivity index (χ0v) is 23.5.